The zero-order valence-corrected chi connectivity index (χ0v) is 13.0. The Hall–Kier alpha value is -0.650. The first kappa shape index (κ1) is 16.4. The van der Waals surface area contributed by atoms with Gasteiger partial charge in [-0.3, -0.25) is 4.79 Å². The third kappa shape index (κ3) is 4.16. The molecule has 0 aromatic heterocycles. The van der Waals surface area contributed by atoms with Crippen LogP contribution in [0.5, 0.6) is 0 Å². The normalized spacial score (nSPS) is 19.3. The average molecular weight is 271 g/mol. The Morgan fingerprint density at radius 2 is 2.00 bits per heavy atom. The molecule has 0 bridgehead atoms. The smallest absolute Gasteiger partial charge is 0.324 e. The summed E-state index contributed by atoms with van der Waals surface area (Å²) in [7, 11) is 7.82. The molecule has 19 heavy (non-hydrogen) atoms. The molecule has 112 valence electrons. The van der Waals surface area contributed by atoms with E-state index in [-0.39, 0.29) is 12.0 Å². The summed E-state index contributed by atoms with van der Waals surface area (Å²) in [5, 5.41) is 3.19. The standard InChI is InChI=1S/C14H29N3O2/c1-6-15-12(13(18)19-5)10-17(4)11-14(16(2)3)8-7-9-14/h12,15H,6-11H2,1-5H3. The predicted octanol–water partition coefficient (Wildman–Crippen LogP) is 0.554. The molecule has 5 heteroatoms. The van der Waals surface area contributed by atoms with E-state index in [1.807, 2.05) is 6.92 Å². The highest BCUT2D eigenvalue weighted by Gasteiger charge is 2.40. The molecule has 1 aliphatic carbocycles. The molecule has 1 unspecified atom stereocenters. The molecule has 1 fully saturated rings. The van der Waals surface area contributed by atoms with E-state index in [1.54, 1.807) is 0 Å². The number of carbonyl (C=O) groups excluding carboxylic acids is 1. The maximum atomic E-state index is 11.7. The third-order valence-electron chi connectivity index (χ3n) is 4.23. The number of ether oxygens (including phenoxy) is 1. The molecular formula is C14H29N3O2. The number of nitrogens with zero attached hydrogens (tertiary/aromatic N) is 2. The summed E-state index contributed by atoms with van der Waals surface area (Å²) in [5.41, 5.74) is 0.293. The fraction of sp³-hybridized carbons (Fsp3) is 0.929. The number of hydrogen-bond acceptors (Lipinski definition) is 5. The quantitative estimate of drug-likeness (QED) is 0.653. The van der Waals surface area contributed by atoms with Gasteiger partial charge in [0.15, 0.2) is 0 Å². The Labute approximate surface area is 117 Å². The molecule has 0 radical (unpaired) electrons. The summed E-state index contributed by atoms with van der Waals surface area (Å²) in [6.45, 7) is 4.46. The van der Waals surface area contributed by atoms with Crippen LogP contribution in [0.3, 0.4) is 0 Å². The fourth-order valence-electron chi connectivity index (χ4n) is 2.82. The van der Waals surface area contributed by atoms with Crippen molar-refractivity contribution in [2.45, 2.75) is 37.8 Å². The van der Waals surface area contributed by atoms with Gasteiger partial charge >= 0.3 is 5.97 Å². The van der Waals surface area contributed by atoms with Crippen molar-refractivity contribution in [2.75, 3.05) is 47.9 Å². The molecule has 1 N–H and O–H groups in total. The van der Waals surface area contributed by atoms with Crippen LogP contribution in [-0.4, -0.2) is 75.2 Å². The Kier molecular flexibility index (Phi) is 6.23. The van der Waals surface area contributed by atoms with Crippen molar-refractivity contribution in [1.29, 1.82) is 0 Å². The lowest BCUT2D eigenvalue weighted by Crippen LogP contribution is -2.58. The first-order chi connectivity index (χ1) is 8.95. The van der Waals surface area contributed by atoms with Crippen molar-refractivity contribution >= 4 is 5.97 Å². The third-order valence-corrected chi connectivity index (χ3v) is 4.23. The number of rotatable bonds is 8. The number of nitrogens with one attached hydrogen (secondary N) is 1. The molecule has 1 aliphatic rings. The van der Waals surface area contributed by atoms with Gasteiger partial charge in [-0.15, -0.1) is 0 Å². The van der Waals surface area contributed by atoms with Gasteiger partial charge in [-0.2, -0.15) is 0 Å². The minimum absolute atomic E-state index is 0.179. The van der Waals surface area contributed by atoms with Gasteiger partial charge < -0.3 is 19.9 Å². The first-order valence-electron chi connectivity index (χ1n) is 7.12. The molecule has 0 aromatic carbocycles. The largest absolute Gasteiger partial charge is 0.468 e. The first-order valence-corrected chi connectivity index (χ1v) is 7.12. The molecule has 0 saturated heterocycles. The monoisotopic (exact) mass is 271 g/mol. The van der Waals surface area contributed by atoms with Crippen LogP contribution in [0.4, 0.5) is 0 Å². The molecule has 0 amide bonds. The van der Waals surface area contributed by atoms with E-state index in [1.165, 1.54) is 26.4 Å². The van der Waals surface area contributed by atoms with Gasteiger partial charge in [0, 0.05) is 18.6 Å². The van der Waals surface area contributed by atoms with Crippen molar-refractivity contribution in [1.82, 2.24) is 15.1 Å². The van der Waals surface area contributed by atoms with Gasteiger partial charge in [0.1, 0.15) is 6.04 Å². The molecule has 0 aliphatic heterocycles. The molecular weight excluding hydrogens is 242 g/mol. The number of esters is 1. The molecule has 1 saturated carbocycles. The van der Waals surface area contributed by atoms with Gasteiger partial charge in [0.05, 0.1) is 7.11 Å². The Morgan fingerprint density at radius 3 is 2.37 bits per heavy atom. The van der Waals surface area contributed by atoms with Gasteiger partial charge in [0.2, 0.25) is 0 Å². The SMILES string of the molecule is CCNC(CN(C)CC1(N(C)C)CCC1)C(=O)OC. The average Bonchev–Trinajstić information content (AvgIpc) is 2.31. The maximum Gasteiger partial charge on any atom is 0.324 e. The molecule has 0 spiro atoms. The van der Waals surface area contributed by atoms with E-state index in [0.29, 0.717) is 12.1 Å². The second kappa shape index (κ2) is 7.22. The number of hydrogen-bond donors (Lipinski definition) is 1. The summed E-state index contributed by atoms with van der Waals surface area (Å²) < 4.78 is 4.85. The van der Waals surface area contributed by atoms with Gasteiger partial charge in [-0.25, -0.2) is 0 Å². The highest BCUT2D eigenvalue weighted by atomic mass is 16.5. The summed E-state index contributed by atoms with van der Waals surface area (Å²) in [6.07, 6.45) is 3.79. The Balaban J connectivity index is 2.52. The van der Waals surface area contributed by atoms with E-state index in [9.17, 15) is 4.79 Å². The van der Waals surface area contributed by atoms with Crippen LogP contribution in [-0.2, 0) is 9.53 Å². The van der Waals surface area contributed by atoms with Gasteiger partial charge in [0.25, 0.3) is 0 Å². The second-order valence-electron chi connectivity index (χ2n) is 5.80. The van der Waals surface area contributed by atoms with Gasteiger partial charge in [-0.1, -0.05) is 6.92 Å². The summed E-state index contributed by atoms with van der Waals surface area (Å²) >= 11 is 0. The fourth-order valence-corrected chi connectivity index (χ4v) is 2.82. The van der Waals surface area contributed by atoms with E-state index < -0.39 is 0 Å². The van der Waals surface area contributed by atoms with Crippen LogP contribution in [0.15, 0.2) is 0 Å². The molecule has 0 aromatic rings. The van der Waals surface area contributed by atoms with Crippen LogP contribution >= 0.6 is 0 Å². The van der Waals surface area contributed by atoms with Crippen LogP contribution in [0, 0.1) is 0 Å². The number of methoxy groups -OCH3 is 1. The number of likely N-dealkylation sites (N-methyl/N-ethyl adjacent to an activating group) is 3. The maximum absolute atomic E-state index is 11.7. The lowest BCUT2D eigenvalue weighted by atomic mass is 9.75. The van der Waals surface area contributed by atoms with Crippen molar-refractivity contribution in [3.8, 4) is 0 Å². The lowest BCUT2D eigenvalue weighted by molar-refractivity contribution is -0.143. The molecule has 1 rings (SSSR count). The summed E-state index contributed by atoms with van der Waals surface area (Å²) in [4.78, 5) is 16.3. The number of carbonyl (C=O) groups is 1. The van der Waals surface area contributed by atoms with Crippen molar-refractivity contribution in [3.05, 3.63) is 0 Å². The Morgan fingerprint density at radius 1 is 1.37 bits per heavy atom. The summed E-state index contributed by atoms with van der Waals surface area (Å²) in [6, 6.07) is -0.237. The van der Waals surface area contributed by atoms with Crippen LogP contribution in [0.2, 0.25) is 0 Å². The molecule has 1 atom stereocenters. The van der Waals surface area contributed by atoms with Crippen LogP contribution in [0.1, 0.15) is 26.2 Å². The molecule has 0 heterocycles. The van der Waals surface area contributed by atoms with E-state index >= 15 is 0 Å². The lowest BCUT2D eigenvalue weighted by Gasteiger charge is -2.49. The highest BCUT2D eigenvalue weighted by molar-refractivity contribution is 5.75. The minimum Gasteiger partial charge on any atom is -0.468 e. The van der Waals surface area contributed by atoms with E-state index in [0.717, 1.165) is 13.1 Å². The van der Waals surface area contributed by atoms with Crippen molar-refractivity contribution in [3.63, 3.8) is 0 Å². The summed E-state index contributed by atoms with van der Waals surface area (Å²) in [5.74, 6) is -0.179. The zero-order valence-electron chi connectivity index (χ0n) is 13.0. The van der Waals surface area contributed by atoms with E-state index in [2.05, 4.69) is 36.3 Å². The Bertz CT molecular complexity index is 290. The van der Waals surface area contributed by atoms with E-state index in [4.69, 9.17) is 4.74 Å². The highest BCUT2D eigenvalue weighted by Crippen LogP contribution is 2.36. The minimum atomic E-state index is -0.237. The topological polar surface area (TPSA) is 44.8 Å². The van der Waals surface area contributed by atoms with Crippen LogP contribution < -0.4 is 5.32 Å². The van der Waals surface area contributed by atoms with Crippen molar-refractivity contribution in [2.24, 2.45) is 0 Å². The van der Waals surface area contributed by atoms with Gasteiger partial charge in [-0.05, 0) is 47.0 Å². The predicted molar refractivity (Wildman–Crippen MR) is 77.2 cm³/mol. The molecule has 5 nitrogen and oxygen atoms in total. The zero-order chi connectivity index (χ0) is 14.5. The van der Waals surface area contributed by atoms with Crippen LogP contribution in [0.25, 0.3) is 0 Å². The second-order valence-corrected chi connectivity index (χ2v) is 5.80. The van der Waals surface area contributed by atoms with Crippen molar-refractivity contribution < 1.29 is 9.53 Å².